The van der Waals surface area contributed by atoms with Gasteiger partial charge in [-0.15, -0.1) is 11.6 Å². The van der Waals surface area contributed by atoms with Gasteiger partial charge in [-0.05, 0) is 26.2 Å². The number of hydrogen-bond acceptors (Lipinski definition) is 2. The number of amides is 1. The van der Waals surface area contributed by atoms with Crippen LogP contribution >= 0.6 is 11.6 Å². The smallest absolute Gasteiger partial charge is 0.246 e. The zero-order chi connectivity index (χ0) is 11.8. The Morgan fingerprint density at radius 3 is 2.33 bits per heavy atom. The van der Waals surface area contributed by atoms with Crippen LogP contribution in [0.1, 0.15) is 34.1 Å². The van der Waals surface area contributed by atoms with Crippen LogP contribution in [-0.4, -0.2) is 30.5 Å². The zero-order valence-corrected chi connectivity index (χ0v) is 10.8. The molecule has 0 aliphatic rings. The Morgan fingerprint density at radius 1 is 1.33 bits per heavy atom. The average molecular weight is 236 g/mol. The van der Waals surface area contributed by atoms with E-state index in [4.69, 9.17) is 16.3 Å². The quantitative estimate of drug-likeness (QED) is 0.687. The molecular formula is C11H22ClNO2. The van der Waals surface area contributed by atoms with E-state index in [9.17, 15) is 4.79 Å². The summed E-state index contributed by atoms with van der Waals surface area (Å²) >= 11 is 5.67. The van der Waals surface area contributed by atoms with E-state index in [0.717, 1.165) is 6.42 Å². The molecule has 0 aromatic carbocycles. The second kappa shape index (κ2) is 7.94. The van der Waals surface area contributed by atoms with E-state index in [1.54, 1.807) is 0 Å². The van der Waals surface area contributed by atoms with Crippen LogP contribution in [0.15, 0.2) is 0 Å². The number of alkyl halides is 1. The molecule has 0 fully saturated rings. The number of halogens is 1. The second-order valence-corrected chi connectivity index (χ2v) is 4.63. The molecule has 0 spiro atoms. The molecule has 0 aliphatic carbocycles. The third-order valence-electron chi connectivity index (χ3n) is 2.12. The number of hydrogen-bond donors (Lipinski definition) is 1. The molecule has 0 aromatic heterocycles. The highest BCUT2D eigenvalue weighted by Gasteiger charge is 2.15. The highest BCUT2D eigenvalue weighted by Crippen LogP contribution is 2.06. The van der Waals surface area contributed by atoms with Gasteiger partial charge in [0.05, 0.1) is 6.10 Å². The summed E-state index contributed by atoms with van der Waals surface area (Å²) in [7, 11) is 0. The molecule has 0 saturated heterocycles. The summed E-state index contributed by atoms with van der Waals surface area (Å²) in [6.45, 7) is 8.09. The molecule has 0 heterocycles. The molecule has 4 heteroatoms. The monoisotopic (exact) mass is 235 g/mol. The van der Waals surface area contributed by atoms with Crippen molar-refractivity contribution in [2.24, 2.45) is 5.92 Å². The van der Waals surface area contributed by atoms with E-state index in [-0.39, 0.29) is 24.7 Å². The molecule has 1 N–H and O–H groups in total. The van der Waals surface area contributed by atoms with Gasteiger partial charge in [0.25, 0.3) is 0 Å². The first-order valence-corrected chi connectivity index (χ1v) is 5.97. The summed E-state index contributed by atoms with van der Waals surface area (Å²) < 4.78 is 5.22. The molecule has 0 aliphatic heterocycles. The van der Waals surface area contributed by atoms with Crippen molar-refractivity contribution in [3.8, 4) is 0 Å². The van der Waals surface area contributed by atoms with Crippen LogP contribution in [-0.2, 0) is 9.53 Å². The standard InChI is InChI=1S/C11H22ClNO2/c1-8(2)10(5-6-12)13-11(14)7-15-9(3)4/h8-10H,5-7H2,1-4H3,(H,13,14). The van der Waals surface area contributed by atoms with E-state index in [0.29, 0.717) is 11.8 Å². The van der Waals surface area contributed by atoms with Crippen molar-refractivity contribution >= 4 is 17.5 Å². The van der Waals surface area contributed by atoms with E-state index < -0.39 is 0 Å². The van der Waals surface area contributed by atoms with Gasteiger partial charge < -0.3 is 10.1 Å². The Hall–Kier alpha value is -0.280. The van der Waals surface area contributed by atoms with Gasteiger partial charge in [-0.25, -0.2) is 0 Å². The van der Waals surface area contributed by atoms with Crippen LogP contribution in [0.25, 0.3) is 0 Å². The van der Waals surface area contributed by atoms with Crippen molar-refractivity contribution in [2.75, 3.05) is 12.5 Å². The van der Waals surface area contributed by atoms with E-state index in [1.165, 1.54) is 0 Å². The zero-order valence-electron chi connectivity index (χ0n) is 10.0. The van der Waals surface area contributed by atoms with Crippen LogP contribution in [0.2, 0.25) is 0 Å². The molecule has 0 saturated carbocycles. The first-order chi connectivity index (χ1) is 6.97. The SMILES string of the molecule is CC(C)OCC(=O)NC(CCCl)C(C)C. The topological polar surface area (TPSA) is 38.3 Å². The fourth-order valence-corrected chi connectivity index (χ4v) is 1.42. The van der Waals surface area contributed by atoms with Gasteiger partial charge in [0.1, 0.15) is 6.61 Å². The fourth-order valence-electron chi connectivity index (χ4n) is 1.18. The minimum absolute atomic E-state index is 0.0625. The number of carbonyl (C=O) groups excluding carboxylic acids is 1. The van der Waals surface area contributed by atoms with Gasteiger partial charge in [-0.2, -0.15) is 0 Å². The summed E-state index contributed by atoms with van der Waals surface area (Å²) in [6.07, 6.45) is 0.883. The first kappa shape index (κ1) is 14.7. The average Bonchev–Trinajstić information content (AvgIpc) is 2.14. The lowest BCUT2D eigenvalue weighted by atomic mass is 10.0. The normalized spacial score (nSPS) is 13.3. The summed E-state index contributed by atoms with van der Waals surface area (Å²) in [4.78, 5) is 11.5. The molecule has 1 amide bonds. The molecule has 1 atom stereocenters. The van der Waals surface area contributed by atoms with Crippen LogP contribution < -0.4 is 5.32 Å². The van der Waals surface area contributed by atoms with Crippen molar-refractivity contribution in [3.63, 3.8) is 0 Å². The van der Waals surface area contributed by atoms with Crippen LogP contribution in [0, 0.1) is 5.92 Å². The van der Waals surface area contributed by atoms with Crippen molar-refractivity contribution < 1.29 is 9.53 Å². The van der Waals surface area contributed by atoms with Gasteiger partial charge in [-0.1, -0.05) is 13.8 Å². The summed E-state index contributed by atoms with van der Waals surface area (Å²) in [5.41, 5.74) is 0. The van der Waals surface area contributed by atoms with E-state index in [2.05, 4.69) is 19.2 Å². The summed E-state index contributed by atoms with van der Waals surface area (Å²) in [5, 5.41) is 2.92. The molecule has 0 bridgehead atoms. The predicted octanol–water partition coefficient (Wildman–Crippen LogP) is 2.18. The van der Waals surface area contributed by atoms with Crippen molar-refractivity contribution in [1.82, 2.24) is 5.32 Å². The Labute approximate surface area is 97.5 Å². The van der Waals surface area contributed by atoms with E-state index >= 15 is 0 Å². The molecule has 15 heavy (non-hydrogen) atoms. The lowest BCUT2D eigenvalue weighted by molar-refractivity contribution is -0.128. The van der Waals surface area contributed by atoms with Gasteiger partial charge in [0.15, 0.2) is 0 Å². The molecule has 0 rings (SSSR count). The molecular weight excluding hydrogens is 214 g/mol. The Balaban J connectivity index is 3.89. The van der Waals surface area contributed by atoms with Crippen molar-refractivity contribution in [3.05, 3.63) is 0 Å². The van der Waals surface area contributed by atoms with Gasteiger partial charge in [-0.3, -0.25) is 4.79 Å². The van der Waals surface area contributed by atoms with Crippen LogP contribution in [0.3, 0.4) is 0 Å². The maximum Gasteiger partial charge on any atom is 0.246 e. The minimum Gasteiger partial charge on any atom is -0.369 e. The molecule has 90 valence electrons. The van der Waals surface area contributed by atoms with Gasteiger partial charge in [0, 0.05) is 11.9 Å². The number of ether oxygens (including phenoxy) is 1. The van der Waals surface area contributed by atoms with Crippen LogP contribution in [0.4, 0.5) is 0 Å². The van der Waals surface area contributed by atoms with E-state index in [1.807, 2.05) is 13.8 Å². The molecule has 0 radical (unpaired) electrons. The van der Waals surface area contributed by atoms with Gasteiger partial charge in [0.2, 0.25) is 5.91 Å². The van der Waals surface area contributed by atoms with Crippen molar-refractivity contribution in [2.45, 2.75) is 46.3 Å². The minimum atomic E-state index is -0.0625. The third kappa shape index (κ3) is 7.63. The Kier molecular flexibility index (Phi) is 7.79. The number of nitrogens with one attached hydrogen (secondary N) is 1. The third-order valence-corrected chi connectivity index (χ3v) is 2.34. The highest BCUT2D eigenvalue weighted by molar-refractivity contribution is 6.17. The first-order valence-electron chi connectivity index (χ1n) is 5.44. The molecule has 3 nitrogen and oxygen atoms in total. The van der Waals surface area contributed by atoms with Gasteiger partial charge >= 0.3 is 0 Å². The fraction of sp³-hybridized carbons (Fsp3) is 0.909. The number of rotatable bonds is 7. The molecule has 0 aromatic rings. The molecule has 1 unspecified atom stereocenters. The Bertz CT molecular complexity index is 183. The predicted molar refractivity (Wildman–Crippen MR) is 63.2 cm³/mol. The number of carbonyl (C=O) groups is 1. The lowest BCUT2D eigenvalue weighted by Gasteiger charge is -2.21. The largest absolute Gasteiger partial charge is 0.369 e. The summed E-state index contributed by atoms with van der Waals surface area (Å²) in [6, 6.07) is 0.144. The van der Waals surface area contributed by atoms with Crippen molar-refractivity contribution in [1.29, 1.82) is 0 Å². The summed E-state index contributed by atoms with van der Waals surface area (Å²) in [5.74, 6) is 0.896. The Morgan fingerprint density at radius 2 is 1.93 bits per heavy atom. The van der Waals surface area contributed by atoms with Crippen LogP contribution in [0.5, 0.6) is 0 Å². The second-order valence-electron chi connectivity index (χ2n) is 4.26. The highest BCUT2D eigenvalue weighted by atomic mass is 35.5. The maximum atomic E-state index is 11.5. The maximum absolute atomic E-state index is 11.5. The lowest BCUT2D eigenvalue weighted by Crippen LogP contribution is -2.41.